The van der Waals surface area contributed by atoms with Gasteiger partial charge in [-0.15, -0.1) is 0 Å². The average Bonchev–Trinajstić information content (AvgIpc) is 1.80. The van der Waals surface area contributed by atoms with Crippen LogP contribution in [0.2, 0.25) is 0 Å². The molecule has 0 aliphatic rings. The Bertz CT molecular complexity index is 189. The lowest BCUT2D eigenvalue weighted by Gasteiger charge is -2.12. The van der Waals surface area contributed by atoms with Gasteiger partial charge in [0.25, 0.3) is 0 Å². The lowest BCUT2D eigenvalue weighted by molar-refractivity contribution is -0.137. The van der Waals surface area contributed by atoms with Gasteiger partial charge >= 0.3 is 5.97 Å². The smallest absolute Gasteiger partial charge is 0.305 e. The quantitative estimate of drug-likeness (QED) is 0.675. The van der Waals surface area contributed by atoms with Crippen LogP contribution in [0.25, 0.3) is 0 Å². The van der Waals surface area contributed by atoms with E-state index in [1.807, 2.05) is 13.8 Å². The fraction of sp³-hybridized carbons (Fsp3) is 0.778. The molecule has 0 spiro atoms. The Labute approximate surface area is 78.3 Å². The second kappa shape index (κ2) is 5.56. The summed E-state index contributed by atoms with van der Waals surface area (Å²) in [4.78, 5) is 21.4. The molecule has 0 saturated heterocycles. The molecular formula is C9H17NO3. The van der Waals surface area contributed by atoms with Gasteiger partial charge in [0, 0.05) is 12.5 Å². The van der Waals surface area contributed by atoms with E-state index in [4.69, 9.17) is 5.11 Å². The van der Waals surface area contributed by atoms with Gasteiger partial charge in [0.05, 0.1) is 6.42 Å². The summed E-state index contributed by atoms with van der Waals surface area (Å²) < 4.78 is 0. The second-order valence-electron chi connectivity index (χ2n) is 3.66. The number of rotatable bonds is 5. The Morgan fingerprint density at radius 3 is 2.15 bits per heavy atom. The van der Waals surface area contributed by atoms with Crippen LogP contribution < -0.4 is 5.32 Å². The summed E-state index contributed by atoms with van der Waals surface area (Å²) in [6.07, 6.45) is 0.424. The lowest BCUT2D eigenvalue weighted by Crippen LogP contribution is -2.34. The summed E-state index contributed by atoms with van der Waals surface area (Å²) in [6, 6.07) is -0.288. The highest BCUT2D eigenvalue weighted by Crippen LogP contribution is 1.99. The number of aliphatic carboxylic acids is 1. The van der Waals surface area contributed by atoms with Crippen molar-refractivity contribution in [3.63, 3.8) is 0 Å². The molecule has 0 radical (unpaired) electrons. The highest BCUT2D eigenvalue weighted by Gasteiger charge is 2.11. The molecule has 4 nitrogen and oxygen atoms in total. The first-order valence-electron chi connectivity index (χ1n) is 4.43. The fourth-order valence-electron chi connectivity index (χ4n) is 1.02. The van der Waals surface area contributed by atoms with Gasteiger partial charge in [-0.2, -0.15) is 0 Å². The monoisotopic (exact) mass is 187 g/mol. The number of hydrogen-bond acceptors (Lipinski definition) is 2. The average molecular weight is 187 g/mol. The first kappa shape index (κ1) is 11.9. The number of hydrogen-bond donors (Lipinski definition) is 2. The third-order valence-electron chi connectivity index (χ3n) is 1.48. The van der Waals surface area contributed by atoms with E-state index in [1.54, 1.807) is 6.92 Å². The Kier molecular flexibility index (Phi) is 5.11. The van der Waals surface area contributed by atoms with Gasteiger partial charge in [0.1, 0.15) is 0 Å². The predicted molar refractivity (Wildman–Crippen MR) is 49.3 cm³/mol. The molecular weight excluding hydrogens is 170 g/mol. The van der Waals surface area contributed by atoms with E-state index in [0.29, 0.717) is 12.3 Å². The maximum Gasteiger partial charge on any atom is 0.305 e. The Hall–Kier alpha value is -1.06. The number of nitrogens with one attached hydrogen (secondary N) is 1. The summed E-state index contributed by atoms with van der Waals surface area (Å²) in [5.41, 5.74) is 0. The maximum absolute atomic E-state index is 11.1. The highest BCUT2D eigenvalue weighted by molar-refractivity contribution is 5.77. The van der Waals surface area contributed by atoms with Crippen molar-refractivity contribution in [1.82, 2.24) is 5.32 Å². The van der Waals surface area contributed by atoms with Crippen molar-refractivity contribution in [3.8, 4) is 0 Å². The van der Waals surface area contributed by atoms with Crippen LogP contribution in [0.1, 0.15) is 33.6 Å². The standard InChI is InChI=1S/C9H17NO3/c1-6(2)4-8(11)10-7(3)5-9(12)13/h6-7H,4-5H2,1-3H3,(H,10,11)(H,12,13). The predicted octanol–water partition coefficient (Wildman–Crippen LogP) is 1.01. The molecule has 0 aromatic rings. The van der Waals surface area contributed by atoms with Crippen LogP contribution in [0.4, 0.5) is 0 Å². The molecule has 1 unspecified atom stereocenters. The van der Waals surface area contributed by atoms with Gasteiger partial charge in [-0.3, -0.25) is 9.59 Å². The Morgan fingerprint density at radius 1 is 1.23 bits per heavy atom. The van der Waals surface area contributed by atoms with Gasteiger partial charge < -0.3 is 10.4 Å². The molecule has 0 aromatic carbocycles. The van der Waals surface area contributed by atoms with E-state index in [0.717, 1.165) is 0 Å². The molecule has 1 amide bonds. The Morgan fingerprint density at radius 2 is 1.77 bits per heavy atom. The van der Waals surface area contributed by atoms with Gasteiger partial charge in [0.15, 0.2) is 0 Å². The second-order valence-corrected chi connectivity index (χ2v) is 3.66. The van der Waals surface area contributed by atoms with Crippen LogP contribution in [-0.4, -0.2) is 23.0 Å². The molecule has 0 bridgehead atoms. The van der Waals surface area contributed by atoms with Crippen molar-refractivity contribution in [2.45, 2.75) is 39.7 Å². The first-order chi connectivity index (χ1) is 5.91. The van der Waals surface area contributed by atoms with Crippen molar-refractivity contribution in [1.29, 1.82) is 0 Å². The first-order valence-corrected chi connectivity index (χ1v) is 4.43. The molecule has 0 aromatic heterocycles. The zero-order chi connectivity index (χ0) is 10.4. The molecule has 0 heterocycles. The summed E-state index contributed by atoms with van der Waals surface area (Å²) in [6.45, 7) is 5.58. The number of carbonyl (C=O) groups is 2. The van der Waals surface area contributed by atoms with Crippen LogP contribution in [0.3, 0.4) is 0 Å². The van der Waals surface area contributed by atoms with Crippen molar-refractivity contribution < 1.29 is 14.7 Å². The van der Waals surface area contributed by atoms with Crippen molar-refractivity contribution in [3.05, 3.63) is 0 Å². The summed E-state index contributed by atoms with van der Waals surface area (Å²) in [7, 11) is 0. The molecule has 0 saturated carbocycles. The highest BCUT2D eigenvalue weighted by atomic mass is 16.4. The molecule has 13 heavy (non-hydrogen) atoms. The minimum atomic E-state index is -0.891. The molecule has 76 valence electrons. The van der Waals surface area contributed by atoms with Gasteiger partial charge in [0.2, 0.25) is 5.91 Å². The van der Waals surface area contributed by atoms with Gasteiger partial charge in [-0.05, 0) is 12.8 Å². The maximum atomic E-state index is 11.1. The third kappa shape index (κ3) is 7.31. The van der Waals surface area contributed by atoms with Crippen LogP contribution in [-0.2, 0) is 9.59 Å². The fourth-order valence-corrected chi connectivity index (χ4v) is 1.02. The van der Waals surface area contributed by atoms with E-state index in [-0.39, 0.29) is 18.4 Å². The van der Waals surface area contributed by atoms with Crippen molar-refractivity contribution >= 4 is 11.9 Å². The minimum Gasteiger partial charge on any atom is -0.481 e. The Balaban J connectivity index is 3.71. The van der Waals surface area contributed by atoms with Crippen LogP contribution in [0.5, 0.6) is 0 Å². The summed E-state index contributed by atoms with van der Waals surface area (Å²) in [5.74, 6) is -0.668. The number of amides is 1. The van der Waals surface area contributed by atoms with Crippen molar-refractivity contribution in [2.24, 2.45) is 5.92 Å². The van der Waals surface area contributed by atoms with Crippen LogP contribution >= 0.6 is 0 Å². The molecule has 0 aliphatic heterocycles. The number of carbonyl (C=O) groups excluding carboxylic acids is 1. The zero-order valence-corrected chi connectivity index (χ0v) is 8.33. The number of carboxylic acids is 1. The zero-order valence-electron chi connectivity index (χ0n) is 8.33. The van der Waals surface area contributed by atoms with E-state index >= 15 is 0 Å². The van der Waals surface area contributed by atoms with E-state index in [9.17, 15) is 9.59 Å². The largest absolute Gasteiger partial charge is 0.481 e. The molecule has 1 atom stereocenters. The summed E-state index contributed by atoms with van der Waals surface area (Å²) in [5, 5.41) is 11.1. The van der Waals surface area contributed by atoms with Crippen LogP contribution in [0.15, 0.2) is 0 Å². The molecule has 0 rings (SSSR count). The minimum absolute atomic E-state index is 0.0240. The summed E-state index contributed by atoms with van der Waals surface area (Å²) >= 11 is 0. The molecule has 4 heteroatoms. The van der Waals surface area contributed by atoms with E-state index < -0.39 is 5.97 Å². The van der Waals surface area contributed by atoms with Crippen LogP contribution in [0, 0.1) is 5.92 Å². The molecule has 0 fully saturated rings. The topological polar surface area (TPSA) is 66.4 Å². The normalized spacial score (nSPS) is 12.6. The SMILES string of the molecule is CC(C)CC(=O)NC(C)CC(=O)O. The number of carboxylic acid groups (broad SMARTS) is 1. The van der Waals surface area contributed by atoms with E-state index in [2.05, 4.69) is 5.32 Å². The van der Waals surface area contributed by atoms with Gasteiger partial charge in [-0.1, -0.05) is 13.8 Å². The third-order valence-corrected chi connectivity index (χ3v) is 1.48. The molecule has 2 N–H and O–H groups in total. The van der Waals surface area contributed by atoms with Crippen molar-refractivity contribution in [2.75, 3.05) is 0 Å². The van der Waals surface area contributed by atoms with Gasteiger partial charge in [-0.25, -0.2) is 0 Å². The molecule has 0 aliphatic carbocycles. The van der Waals surface area contributed by atoms with E-state index in [1.165, 1.54) is 0 Å². The lowest BCUT2D eigenvalue weighted by atomic mass is 10.1.